The third kappa shape index (κ3) is 5.31. The van der Waals surface area contributed by atoms with Gasteiger partial charge in [-0.25, -0.2) is 0 Å². The molecule has 0 aromatic heterocycles. The number of nitrogens with zero attached hydrogens (tertiary/aromatic N) is 2. The Hall–Kier alpha value is -0.210. The third-order valence-electron chi connectivity index (χ3n) is 2.78. The van der Waals surface area contributed by atoms with Gasteiger partial charge in [-0.1, -0.05) is 0 Å². The predicted octanol–water partition coefficient (Wildman–Crippen LogP) is -0.934. The van der Waals surface area contributed by atoms with Crippen LogP contribution in [-0.4, -0.2) is 70.5 Å². The second kappa shape index (κ2) is 6.65. The summed E-state index contributed by atoms with van der Waals surface area (Å²) in [6.45, 7) is 5.35. The van der Waals surface area contributed by atoms with Crippen molar-refractivity contribution in [3.63, 3.8) is 0 Å². The van der Waals surface area contributed by atoms with Gasteiger partial charge in [-0.15, -0.1) is 0 Å². The minimum Gasteiger partial charge on any atom is -0.314 e. The highest BCUT2D eigenvalue weighted by Gasteiger charge is 2.24. The van der Waals surface area contributed by atoms with Crippen LogP contribution in [0.1, 0.15) is 13.3 Å². The van der Waals surface area contributed by atoms with Crippen molar-refractivity contribution < 1.29 is 8.42 Å². The van der Waals surface area contributed by atoms with Crippen molar-refractivity contribution in [2.75, 3.05) is 46.8 Å². The van der Waals surface area contributed by atoms with Crippen LogP contribution in [0.4, 0.5) is 0 Å². The zero-order valence-corrected chi connectivity index (χ0v) is 11.8. The van der Waals surface area contributed by atoms with Crippen LogP contribution in [-0.2, 0) is 10.2 Å². The van der Waals surface area contributed by atoms with Gasteiger partial charge in [-0.2, -0.15) is 17.4 Å². The Morgan fingerprint density at radius 2 is 1.94 bits per heavy atom. The average Bonchev–Trinajstić information content (AvgIpc) is 2.27. The van der Waals surface area contributed by atoms with E-state index in [1.807, 2.05) is 21.0 Å². The summed E-state index contributed by atoms with van der Waals surface area (Å²) in [6.07, 6.45) is 0.818. The number of hydrogen-bond donors (Lipinski definition) is 2. The smallest absolute Gasteiger partial charge is 0.279 e. The second-order valence-corrected chi connectivity index (χ2v) is 6.47. The van der Waals surface area contributed by atoms with Gasteiger partial charge in [0.25, 0.3) is 10.2 Å². The van der Waals surface area contributed by atoms with Gasteiger partial charge in [0, 0.05) is 32.2 Å². The first-order chi connectivity index (χ1) is 7.92. The molecule has 17 heavy (non-hydrogen) atoms. The predicted molar refractivity (Wildman–Crippen MR) is 69.1 cm³/mol. The highest BCUT2D eigenvalue weighted by Crippen LogP contribution is 2.03. The van der Waals surface area contributed by atoms with Crippen LogP contribution in [0.5, 0.6) is 0 Å². The van der Waals surface area contributed by atoms with Gasteiger partial charge in [0.2, 0.25) is 0 Å². The first-order valence-corrected chi connectivity index (χ1v) is 7.48. The normalized spacial score (nSPS) is 20.7. The lowest BCUT2D eigenvalue weighted by atomic mass is 10.2. The molecule has 1 saturated heterocycles. The molecule has 0 radical (unpaired) electrons. The van der Waals surface area contributed by atoms with Gasteiger partial charge in [0.1, 0.15) is 0 Å². The van der Waals surface area contributed by atoms with Gasteiger partial charge in [-0.05, 0) is 34.0 Å². The molecule has 0 aromatic rings. The largest absolute Gasteiger partial charge is 0.314 e. The topological polar surface area (TPSA) is 64.7 Å². The summed E-state index contributed by atoms with van der Waals surface area (Å²) in [5.74, 6) is 0. The molecular formula is C10H24N4O2S. The van der Waals surface area contributed by atoms with Crippen LogP contribution in [0.15, 0.2) is 0 Å². The van der Waals surface area contributed by atoms with Gasteiger partial charge >= 0.3 is 0 Å². The molecule has 7 heteroatoms. The van der Waals surface area contributed by atoms with Crippen molar-refractivity contribution in [1.82, 2.24) is 19.2 Å². The first-order valence-electron chi connectivity index (χ1n) is 6.04. The summed E-state index contributed by atoms with van der Waals surface area (Å²) in [7, 11) is 0.662. The van der Waals surface area contributed by atoms with Crippen LogP contribution < -0.4 is 10.0 Å². The fraction of sp³-hybridized carbons (Fsp3) is 1.00. The standard InChI is InChI=1S/C10H24N4O2S/c1-10(4-7-13(2)3)12-17(15,16)14-8-5-11-6-9-14/h10-12H,4-9H2,1-3H3. The van der Waals surface area contributed by atoms with Crippen molar-refractivity contribution in [3.05, 3.63) is 0 Å². The Bertz CT molecular complexity index is 312. The number of piperazine rings is 1. The van der Waals surface area contributed by atoms with Gasteiger partial charge in [0.05, 0.1) is 0 Å². The SMILES string of the molecule is CC(CCN(C)C)NS(=O)(=O)N1CCNCC1. The van der Waals surface area contributed by atoms with E-state index in [2.05, 4.69) is 14.9 Å². The summed E-state index contributed by atoms with van der Waals surface area (Å²) in [6, 6.07) is -0.0303. The summed E-state index contributed by atoms with van der Waals surface area (Å²) < 4.78 is 28.3. The van der Waals surface area contributed by atoms with Crippen molar-refractivity contribution >= 4 is 10.2 Å². The molecule has 1 atom stereocenters. The minimum absolute atomic E-state index is 0.0303. The summed E-state index contributed by atoms with van der Waals surface area (Å²) in [5.41, 5.74) is 0. The maximum absolute atomic E-state index is 12.0. The quantitative estimate of drug-likeness (QED) is 0.650. The van der Waals surface area contributed by atoms with Crippen LogP contribution in [0.2, 0.25) is 0 Å². The molecular weight excluding hydrogens is 240 g/mol. The van der Waals surface area contributed by atoms with Crippen molar-refractivity contribution in [1.29, 1.82) is 0 Å². The zero-order valence-electron chi connectivity index (χ0n) is 10.9. The Labute approximate surface area is 105 Å². The fourth-order valence-corrected chi connectivity index (χ4v) is 3.16. The molecule has 102 valence electrons. The highest BCUT2D eigenvalue weighted by atomic mass is 32.2. The molecule has 1 rings (SSSR count). The van der Waals surface area contributed by atoms with Crippen molar-refractivity contribution in [2.45, 2.75) is 19.4 Å². The van der Waals surface area contributed by atoms with E-state index in [9.17, 15) is 8.42 Å². The average molecular weight is 264 g/mol. The molecule has 6 nitrogen and oxygen atoms in total. The number of hydrogen-bond acceptors (Lipinski definition) is 4. The molecule has 2 N–H and O–H groups in total. The van der Waals surface area contributed by atoms with E-state index in [-0.39, 0.29) is 6.04 Å². The molecule has 1 fully saturated rings. The van der Waals surface area contributed by atoms with Gasteiger partial charge in [0.15, 0.2) is 0 Å². The molecule has 1 unspecified atom stereocenters. The summed E-state index contributed by atoms with van der Waals surface area (Å²) in [4.78, 5) is 2.05. The molecule has 0 bridgehead atoms. The van der Waals surface area contributed by atoms with E-state index in [1.54, 1.807) is 0 Å². The van der Waals surface area contributed by atoms with Gasteiger partial charge in [-0.3, -0.25) is 0 Å². The van der Waals surface area contributed by atoms with Crippen LogP contribution >= 0.6 is 0 Å². The second-order valence-electron chi connectivity index (χ2n) is 4.76. The van der Waals surface area contributed by atoms with E-state index >= 15 is 0 Å². The fourth-order valence-electron chi connectivity index (χ4n) is 1.72. The maximum atomic E-state index is 12.0. The molecule has 0 aliphatic carbocycles. The highest BCUT2D eigenvalue weighted by molar-refractivity contribution is 7.87. The molecule has 0 amide bonds. The Morgan fingerprint density at radius 3 is 2.47 bits per heavy atom. The number of rotatable bonds is 6. The minimum atomic E-state index is -3.31. The molecule has 1 aliphatic heterocycles. The van der Waals surface area contributed by atoms with E-state index in [1.165, 1.54) is 4.31 Å². The van der Waals surface area contributed by atoms with Crippen molar-refractivity contribution in [3.8, 4) is 0 Å². The maximum Gasteiger partial charge on any atom is 0.279 e. The molecule has 0 spiro atoms. The molecule has 0 aromatic carbocycles. The van der Waals surface area contributed by atoms with Crippen molar-refractivity contribution in [2.24, 2.45) is 0 Å². The monoisotopic (exact) mass is 264 g/mol. The third-order valence-corrected chi connectivity index (χ3v) is 4.52. The van der Waals surface area contributed by atoms with Crippen LogP contribution in [0.3, 0.4) is 0 Å². The zero-order chi connectivity index (χ0) is 12.9. The summed E-state index contributed by atoms with van der Waals surface area (Å²) >= 11 is 0. The Morgan fingerprint density at radius 1 is 1.35 bits per heavy atom. The lowest BCUT2D eigenvalue weighted by Crippen LogP contribution is -2.52. The Kier molecular flexibility index (Phi) is 5.81. The summed E-state index contributed by atoms with van der Waals surface area (Å²) in [5, 5.41) is 3.14. The van der Waals surface area contributed by atoms with E-state index in [4.69, 9.17) is 0 Å². The first kappa shape index (κ1) is 14.8. The lowest BCUT2D eigenvalue weighted by Gasteiger charge is -2.28. The molecule has 1 heterocycles. The van der Waals surface area contributed by atoms with Gasteiger partial charge < -0.3 is 10.2 Å². The van der Waals surface area contributed by atoms with E-state index in [0.717, 1.165) is 26.1 Å². The molecule has 0 saturated carbocycles. The van der Waals surface area contributed by atoms with E-state index < -0.39 is 10.2 Å². The molecule has 1 aliphatic rings. The van der Waals surface area contributed by atoms with Crippen LogP contribution in [0, 0.1) is 0 Å². The van der Waals surface area contributed by atoms with Crippen LogP contribution in [0.25, 0.3) is 0 Å². The Balaban J connectivity index is 2.42. The van der Waals surface area contributed by atoms with E-state index in [0.29, 0.717) is 13.1 Å². The lowest BCUT2D eigenvalue weighted by molar-refractivity contribution is 0.344. The number of nitrogens with one attached hydrogen (secondary N) is 2.